The summed E-state index contributed by atoms with van der Waals surface area (Å²) in [7, 11) is 1.67. The lowest BCUT2D eigenvalue weighted by Crippen LogP contribution is -1.93. The van der Waals surface area contributed by atoms with Crippen LogP contribution in [-0.4, -0.2) is 7.11 Å². The summed E-state index contributed by atoms with van der Waals surface area (Å²) in [5.41, 5.74) is 7.64. The van der Waals surface area contributed by atoms with Crippen molar-refractivity contribution < 1.29 is 4.74 Å². The molecular formula is C14H14ClNOS. The predicted octanol–water partition coefficient (Wildman–Crippen LogP) is 4.22. The first-order valence-corrected chi connectivity index (χ1v) is 6.86. The van der Waals surface area contributed by atoms with Gasteiger partial charge < -0.3 is 10.5 Å². The summed E-state index contributed by atoms with van der Waals surface area (Å²) >= 11 is 7.58. The average Bonchev–Trinajstić information content (AvgIpc) is 2.38. The van der Waals surface area contributed by atoms with E-state index >= 15 is 0 Å². The van der Waals surface area contributed by atoms with Gasteiger partial charge in [0.15, 0.2) is 0 Å². The monoisotopic (exact) mass is 279 g/mol. The third kappa shape index (κ3) is 3.34. The van der Waals surface area contributed by atoms with E-state index in [0.29, 0.717) is 0 Å². The first-order chi connectivity index (χ1) is 8.69. The number of hydrogen-bond acceptors (Lipinski definition) is 3. The van der Waals surface area contributed by atoms with Crippen molar-refractivity contribution in [3.63, 3.8) is 0 Å². The molecule has 0 saturated heterocycles. The largest absolute Gasteiger partial charge is 0.496 e. The lowest BCUT2D eigenvalue weighted by molar-refractivity contribution is 0.411. The molecule has 2 aromatic rings. The molecule has 0 aliphatic heterocycles. The van der Waals surface area contributed by atoms with Crippen molar-refractivity contribution in [3.8, 4) is 5.75 Å². The van der Waals surface area contributed by atoms with Crippen molar-refractivity contribution in [3.05, 3.63) is 53.1 Å². The van der Waals surface area contributed by atoms with Crippen LogP contribution in [0.15, 0.2) is 47.4 Å². The fourth-order valence-corrected chi connectivity index (χ4v) is 2.61. The molecule has 18 heavy (non-hydrogen) atoms. The van der Waals surface area contributed by atoms with Gasteiger partial charge in [0.2, 0.25) is 0 Å². The van der Waals surface area contributed by atoms with Crippen LogP contribution in [0, 0.1) is 0 Å². The zero-order valence-electron chi connectivity index (χ0n) is 10.0. The number of halogens is 1. The lowest BCUT2D eigenvalue weighted by Gasteiger charge is -2.09. The second-order valence-electron chi connectivity index (χ2n) is 3.81. The molecule has 2 rings (SSSR count). The van der Waals surface area contributed by atoms with Gasteiger partial charge in [-0.15, -0.1) is 11.8 Å². The lowest BCUT2D eigenvalue weighted by atomic mass is 10.2. The quantitative estimate of drug-likeness (QED) is 0.672. The highest BCUT2D eigenvalue weighted by atomic mass is 35.5. The minimum atomic E-state index is 0.751. The number of thioether (sulfide) groups is 1. The van der Waals surface area contributed by atoms with Crippen molar-refractivity contribution in [1.82, 2.24) is 0 Å². The van der Waals surface area contributed by atoms with E-state index in [1.54, 1.807) is 18.9 Å². The van der Waals surface area contributed by atoms with Crippen LogP contribution in [0.3, 0.4) is 0 Å². The molecule has 2 nitrogen and oxygen atoms in total. The van der Waals surface area contributed by atoms with Crippen LogP contribution in [0.5, 0.6) is 5.75 Å². The predicted molar refractivity (Wildman–Crippen MR) is 78.4 cm³/mol. The SMILES string of the molecule is COc1ccc(N)cc1CSc1ccc(Cl)cc1. The van der Waals surface area contributed by atoms with Gasteiger partial charge in [0.1, 0.15) is 5.75 Å². The molecule has 0 atom stereocenters. The minimum Gasteiger partial charge on any atom is -0.496 e. The third-order valence-electron chi connectivity index (χ3n) is 2.51. The van der Waals surface area contributed by atoms with Gasteiger partial charge in [-0.05, 0) is 42.5 Å². The van der Waals surface area contributed by atoms with Crippen LogP contribution in [-0.2, 0) is 5.75 Å². The van der Waals surface area contributed by atoms with Gasteiger partial charge in [0.25, 0.3) is 0 Å². The maximum absolute atomic E-state index is 5.85. The molecule has 0 aromatic heterocycles. The number of anilines is 1. The molecule has 94 valence electrons. The van der Waals surface area contributed by atoms with Crippen molar-refractivity contribution in [2.24, 2.45) is 0 Å². The van der Waals surface area contributed by atoms with Gasteiger partial charge in [0, 0.05) is 26.9 Å². The molecule has 0 amide bonds. The number of hydrogen-bond donors (Lipinski definition) is 1. The maximum atomic E-state index is 5.85. The van der Waals surface area contributed by atoms with Crippen molar-refractivity contribution >= 4 is 29.1 Å². The zero-order valence-corrected chi connectivity index (χ0v) is 11.6. The Bertz CT molecular complexity index is 528. The molecule has 0 aliphatic carbocycles. The van der Waals surface area contributed by atoms with Gasteiger partial charge >= 0.3 is 0 Å². The minimum absolute atomic E-state index is 0.751. The van der Waals surface area contributed by atoms with Gasteiger partial charge in [0.05, 0.1) is 7.11 Å². The van der Waals surface area contributed by atoms with Crippen molar-refractivity contribution in [1.29, 1.82) is 0 Å². The number of nitrogen functional groups attached to an aromatic ring is 1. The van der Waals surface area contributed by atoms with Crippen molar-refractivity contribution in [2.45, 2.75) is 10.6 Å². The Hall–Kier alpha value is -1.32. The Labute approximate surface area is 116 Å². The van der Waals surface area contributed by atoms with Gasteiger partial charge in [-0.1, -0.05) is 11.6 Å². The van der Waals surface area contributed by atoms with Crippen LogP contribution >= 0.6 is 23.4 Å². The zero-order chi connectivity index (χ0) is 13.0. The summed E-state index contributed by atoms with van der Waals surface area (Å²) < 4.78 is 5.32. The molecule has 0 radical (unpaired) electrons. The Morgan fingerprint density at radius 1 is 1.17 bits per heavy atom. The van der Waals surface area contributed by atoms with E-state index in [9.17, 15) is 0 Å². The van der Waals surface area contributed by atoms with Crippen LogP contribution < -0.4 is 10.5 Å². The van der Waals surface area contributed by atoms with Crippen LogP contribution in [0.2, 0.25) is 5.02 Å². The summed E-state index contributed by atoms with van der Waals surface area (Å²) in [6, 6.07) is 13.5. The van der Waals surface area contributed by atoms with Crippen LogP contribution in [0.1, 0.15) is 5.56 Å². The summed E-state index contributed by atoms with van der Waals surface area (Å²) in [6.45, 7) is 0. The summed E-state index contributed by atoms with van der Waals surface area (Å²) in [6.07, 6.45) is 0. The molecule has 0 aliphatic rings. The first kappa shape index (κ1) is 13.1. The van der Waals surface area contributed by atoms with E-state index in [1.807, 2.05) is 42.5 Å². The molecule has 2 N–H and O–H groups in total. The number of nitrogens with two attached hydrogens (primary N) is 1. The molecule has 0 saturated carbocycles. The molecule has 0 spiro atoms. The van der Waals surface area contributed by atoms with Gasteiger partial charge in [-0.3, -0.25) is 0 Å². The molecule has 0 bridgehead atoms. The Kier molecular flexibility index (Phi) is 4.39. The van der Waals surface area contributed by atoms with E-state index in [1.165, 1.54) is 4.90 Å². The number of benzene rings is 2. The standard InChI is InChI=1S/C14H14ClNOS/c1-17-14-7-4-12(16)8-10(14)9-18-13-5-2-11(15)3-6-13/h2-8H,9,16H2,1H3. The van der Waals surface area contributed by atoms with Crippen molar-refractivity contribution in [2.75, 3.05) is 12.8 Å². The normalized spacial score (nSPS) is 10.3. The number of methoxy groups -OCH3 is 1. The molecule has 0 fully saturated rings. The van der Waals surface area contributed by atoms with E-state index < -0.39 is 0 Å². The maximum Gasteiger partial charge on any atom is 0.123 e. The summed E-state index contributed by atoms with van der Waals surface area (Å²) in [5, 5.41) is 0.751. The highest BCUT2D eigenvalue weighted by Crippen LogP contribution is 2.29. The highest BCUT2D eigenvalue weighted by molar-refractivity contribution is 7.98. The molecule has 4 heteroatoms. The molecular weight excluding hydrogens is 266 g/mol. The van der Waals surface area contributed by atoms with Gasteiger partial charge in [-0.25, -0.2) is 0 Å². The Balaban J connectivity index is 2.09. The average molecular weight is 280 g/mol. The Morgan fingerprint density at radius 3 is 2.56 bits per heavy atom. The fraction of sp³-hybridized carbons (Fsp3) is 0.143. The number of rotatable bonds is 4. The first-order valence-electron chi connectivity index (χ1n) is 5.50. The van der Waals surface area contributed by atoms with E-state index in [0.717, 1.165) is 27.8 Å². The third-order valence-corrected chi connectivity index (χ3v) is 3.83. The van der Waals surface area contributed by atoms with Gasteiger partial charge in [-0.2, -0.15) is 0 Å². The highest BCUT2D eigenvalue weighted by Gasteiger charge is 2.04. The van der Waals surface area contributed by atoms with Crippen LogP contribution in [0.4, 0.5) is 5.69 Å². The second kappa shape index (κ2) is 6.03. The topological polar surface area (TPSA) is 35.2 Å². The summed E-state index contributed by atoms with van der Waals surface area (Å²) in [5.74, 6) is 1.68. The molecule has 2 aromatic carbocycles. The number of ether oxygens (including phenoxy) is 1. The fourth-order valence-electron chi connectivity index (χ4n) is 1.60. The Morgan fingerprint density at radius 2 is 1.89 bits per heavy atom. The smallest absolute Gasteiger partial charge is 0.123 e. The molecule has 0 unspecified atom stereocenters. The molecule has 0 heterocycles. The van der Waals surface area contributed by atoms with E-state index in [2.05, 4.69) is 0 Å². The van der Waals surface area contributed by atoms with E-state index in [-0.39, 0.29) is 0 Å². The second-order valence-corrected chi connectivity index (χ2v) is 5.30. The van der Waals surface area contributed by atoms with Crippen LogP contribution in [0.25, 0.3) is 0 Å². The summed E-state index contributed by atoms with van der Waals surface area (Å²) in [4.78, 5) is 1.17. The van der Waals surface area contributed by atoms with E-state index in [4.69, 9.17) is 22.1 Å².